The molecule has 0 aliphatic rings. The standard InChI is InChI=1S/C4H5F4/c1-3(6)4(7,8)2-5/h2-3H,1H3. The maximum atomic E-state index is 11.5. The Hall–Kier alpha value is -0.280. The molecule has 0 heterocycles. The van der Waals surface area contributed by atoms with Crippen LogP contribution < -0.4 is 0 Å². The first-order valence-corrected chi connectivity index (χ1v) is 1.97. The summed E-state index contributed by atoms with van der Waals surface area (Å²) < 4.78 is 45.3. The summed E-state index contributed by atoms with van der Waals surface area (Å²) in [5, 5.41) is 0. The molecule has 1 atom stereocenters. The largest absolute Gasteiger partial charge is 0.311 e. The van der Waals surface area contributed by atoms with Crippen molar-refractivity contribution >= 4 is 0 Å². The Morgan fingerprint density at radius 3 is 1.88 bits per heavy atom. The molecular formula is C4H5F4. The zero-order valence-electron chi connectivity index (χ0n) is 4.17. The number of hydrogen-bond donors (Lipinski definition) is 0. The van der Waals surface area contributed by atoms with Crippen LogP contribution >= 0.6 is 0 Å². The fourth-order valence-electron chi connectivity index (χ4n) is 0.0868. The molecule has 0 rings (SSSR count). The van der Waals surface area contributed by atoms with E-state index >= 15 is 0 Å². The molecule has 0 aliphatic carbocycles. The van der Waals surface area contributed by atoms with E-state index in [1.807, 2.05) is 0 Å². The van der Waals surface area contributed by atoms with Crippen LogP contribution in [0.5, 0.6) is 0 Å². The van der Waals surface area contributed by atoms with E-state index in [9.17, 15) is 17.6 Å². The molecule has 0 aromatic carbocycles. The molecule has 0 amide bonds. The van der Waals surface area contributed by atoms with Crippen LogP contribution in [0.15, 0.2) is 0 Å². The Balaban J connectivity index is 3.71. The first-order chi connectivity index (χ1) is 3.50. The normalized spacial score (nSPS) is 16.1. The molecule has 1 unspecified atom stereocenters. The molecule has 0 fully saturated rings. The van der Waals surface area contributed by atoms with Crippen molar-refractivity contribution in [1.82, 2.24) is 0 Å². The Morgan fingerprint density at radius 1 is 1.50 bits per heavy atom. The van der Waals surface area contributed by atoms with Crippen LogP contribution in [0.25, 0.3) is 0 Å². The molecule has 4 heteroatoms. The highest BCUT2D eigenvalue weighted by molar-refractivity contribution is 4.80. The predicted molar refractivity (Wildman–Crippen MR) is 20.9 cm³/mol. The van der Waals surface area contributed by atoms with Crippen molar-refractivity contribution in [2.45, 2.75) is 19.0 Å². The number of hydrogen-bond acceptors (Lipinski definition) is 0. The second kappa shape index (κ2) is 2.33. The molecule has 0 spiro atoms. The zero-order chi connectivity index (χ0) is 6.78. The quantitative estimate of drug-likeness (QED) is 0.501. The predicted octanol–water partition coefficient (Wildman–Crippen LogP) is 2.11. The van der Waals surface area contributed by atoms with E-state index in [2.05, 4.69) is 0 Å². The van der Waals surface area contributed by atoms with E-state index in [-0.39, 0.29) is 0 Å². The van der Waals surface area contributed by atoms with Gasteiger partial charge >= 0.3 is 5.92 Å². The SMILES string of the molecule is CC(F)C(F)(F)[CH]F. The van der Waals surface area contributed by atoms with Crippen LogP contribution in [0.3, 0.4) is 0 Å². The summed E-state index contributed by atoms with van der Waals surface area (Å²) in [6.07, 6.45) is -2.45. The van der Waals surface area contributed by atoms with E-state index < -0.39 is 18.8 Å². The molecule has 0 nitrogen and oxygen atoms in total. The van der Waals surface area contributed by atoms with Crippen LogP contribution in [0.1, 0.15) is 6.92 Å². The van der Waals surface area contributed by atoms with Gasteiger partial charge in [0.1, 0.15) is 0 Å². The highest BCUT2D eigenvalue weighted by Gasteiger charge is 2.37. The van der Waals surface area contributed by atoms with Crippen molar-refractivity contribution in [2.24, 2.45) is 0 Å². The van der Waals surface area contributed by atoms with Crippen molar-refractivity contribution in [3.63, 3.8) is 0 Å². The first-order valence-electron chi connectivity index (χ1n) is 1.97. The molecule has 0 aromatic rings. The number of alkyl halides is 3. The Labute approximate surface area is 44.5 Å². The minimum atomic E-state index is -3.92. The van der Waals surface area contributed by atoms with Gasteiger partial charge in [-0.1, -0.05) is 0 Å². The monoisotopic (exact) mass is 129 g/mol. The zero-order valence-corrected chi connectivity index (χ0v) is 4.17. The van der Waals surface area contributed by atoms with Crippen LogP contribution in [0, 0.1) is 6.67 Å². The van der Waals surface area contributed by atoms with Gasteiger partial charge in [0.2, 0.25) is 6.67 Å². The van der Waals surface area contributed by atoms with E-state index in [0.717, 1.165) is 0 Å². The van der Waals surface area contributed by atoms with Crippen LogP contribution in [0.2, 0.25) is 0 Å². The van der Waals surface area contributed by atoms with Gasteiger partial charge in [0, 0.05) is 0 Å². The van der Waals surface area contributed by atoms with Crippen LogP contribution in [0.4, 0.5) is 17.6 Å². The lowest BCUT2D eigenvalue weighted by atomic mass is 10.3. The maximum Gasteiger partial charge on any atom is 0.311 e. The smallest absolute Gasteiger partial charge is 0.241 e. The molecule has 0 aromatic heterocycles. The summed E-state index contributed by atoms with van der Waals surface area (Å²) in [6.45, 7) is -0.353. The lowest BCUT2D eigenvalue weighted by Gasteiger charge is -2.10. The lowest BCUT2D eigenvalue weighted by molar-refractivity contribution is -0.0526. The minimum absolute atomic E-state index is 0.593. The van der Waals surface area contributed by atoms with Crippen molar-refractivity contribution in [2.75, 3.05) is 0 Å². The molecule has 8 heavy (non-hydrogen) atoms. The molecule has 0 bridgehead atoms. The van der Waals surface area contributed by atoms with Crippen molar-refractivity contribution in [3.8, 4) is 0 Å². The van der Waals surface area contributed by atoms with Gasteiger partial charge in [0.15, 0.2) is 6.17 Å². The third kappa shape index (κ3) is 1.68. The average Bonchev–Trinajstić information content (AvgIpc) is 1.67. The fourth-order valence-corrected chi connectivity index (χ4v) is 0.0868. The highest BCUT2D eigenvalue weighted by Crippen LogP contribution is 2.24. The first kappa shape index (κ1) is 7.72. The maximum absolute atomic E-state index is 11.5. The molecule has 0 saturated carbocycles. The van der Waals surface area contributed by atoms with Crippen LogP contribution in [-0.2, 0) is 0 Å². The van der Waals surface area contributed by atoms with Crippen molar-refractivity contribution in [1.29, 1.82) is 0 Å². The van der Waals surface area contributed by atoms with Gasteiger partial charge in [-0.05, 0) is 6.92 Å². The average molecular weight is 129 g/mol. The number of rotatable bonds is 2. The molecule has 0 aliphatic heterocycles. The van der Waals surface area contributed by atoms with Gasteiger partial charge in [0.25, 0.3) is 0 Å². The van der Waals surface area contributed by atoms with Gasteiger partial charge in [-0.25, -0.2) is 17.6 Å². The van der Waals surface area contributed by atoms with E-state index in [1.54, 1.807) is 0 Å². The summed E-state index contributed by atoms with van der Waals surface area (Å²) in [7, 11) is 0. The van der Waals surface area contributed by atoms with Gasteiger partial charge in [-0.15, -0.1) is 0 Å². The summed E-state index contributed by atoms with van der Waals surface area (Å²) >= 11 is 0. The van der Waals surface area contributed by atoms with E-state index in [1.165, 1.54) is 0 Å². The summed E-state index contributed by atoms with van der Waals surface area (Å²) in [6, 6.07) is 0. The summed E-state index contributed by atoms with van der Waals surface area (Å²) in [5.41, 5.74) is 0. The van der Waals surface area contributed by atoms with Gasteiger partial charge < -0.3 is 0 Å². The second-order valence-electron chi connectivity index (χ2n) is 1.40. The topological polar surface area (TPSA) is 0 Å². The van der Waals surface area contributed by atoms with E-state index in [4.69, 9.17) is 0 Å². The molecule has 1 radical (unpaired) electrons. The van der Waals surface area contributed by atoms with Gasteiger partial charge in [-0.2, -0.15) is 0 Å². The minimum Gasteiger partial charge on any atom is -0.241 e. The lowest BCUT2D eigenvalue weighted by Crippen LogP contribution is -2.25. The molecule has 0 saturated heterocycles. The Bertz CT molecular complexity index is 68.4. The summed E-state index contributed by atoms with van der Waals surface area (Å²) in [5.74, 6) is -3.92. The second-order valence-corrected chi connectivity index (χ2v) is 1.40. The Morgan fingerprint density at radius 2 is 1.88 bits per heavy atom. The third-order valence-electron chi connectivity index (χ3n) is 0.676. The van der Waals surface area contributed by atoms with E-state index in [0.29, 0.717) is 6.92 Å². The fraction of sp³-hybridized carbons (Fsp3) is 0.750. The Kier molecular flexibility index (Phi) is 2.25. The molecular weight excluding hydrogens is 124 g/mol. The van der Waals surface area contributed by atoms with Gasteiger partial charge in [-0.3, -0.25) is 0 Å². The highest BCUT2D eigenvalue weighted by atomic mass is 19.3. The van der Waals surface area contributed by atoms with Gasteiger partial charge in [0.05, 0.1) is 0 Å². The van der Waals surface area contributed by atoms with Crippen LogP contribution in [-0.4, -0.2) is 12.1 Å². The van der Waals surface area contributed by atoms with Crippen molar-refractivity contribution < 1.29 is 17.6 Å². The summed E-state index contributed by atoms with van der Waals surface area (Å²) in [4.78, 5) is 0. The molecule has 49 valence electrons. The third-order valence-corrected chi connectivity index (χ3v) is 0.676. The molecule has 0 N–H and O–H groups in total. The number of halogens is 4. The van der Waals surface area contributed by atoms with Crippen molar-refractivity contribution in [3.05, 3.63) is 6.67 Å².